The molecule has 1 atom stereocenters. The summed E-state index contributed by atoms with van der Waals surface area (Å²) in [6, 6.07) is 0. The number of unbranched alkanes of at least 4 members (excludes halogenated alkanes) is 4. The molecule has 1 aliphatic rings. The second kappa shape index (κ2) is 7.65. The summed E-state index contributed by atoms with van der Waals surface area (Å²) < 4.78 is 10.4. The zero-order chi connectivity index (χ0) is 10.9. The van der Waals surface area contributed by atoms with Gasteiger partial charge in [0.15, 0.2) is 0 Å². The molecule has 0 radical (unpaired) electrons. The SMILES string of the molecule is O=C(O)CCCCCCCC1COCO1. The Kier molecular flexibility index (Phi) is 6.36. The van der Waals surface area contributed by atoms with Gasteiger partial charge in [0.1, 0.15) is 6.79 Å². The highest BCUT2D eigenvalue weighted by Gasteiger charge is 2.14. The van der Waals surface area contributed by atoms with Crippen molar-refractivity contribution in [3.05, 3.63) is 0 Å². The molecule has 0 aromatic rings. The molecule has 0 aliphatic carbocycles. The number of hydrogen-bond donors (Lipinski definition) is 1. The van der Waals surface area contributed by atoms with Gasteiger partial charge >= 0.3 is 5.97 Å². The van der Waals surface area contributed by atoms with Crippen LogP contribution in [0.2, 0.25) is 0 Å². The van der Waals surface area contributed by atoms with Gasteiger partial charge in [0.25, 0.3) is 0 Å². The number of rotatable bonds is 8. The lowest BCUT2D eigenvalue weighted by molar-refractivity contribution is -0.137. The first-order valence-corrected chi connectivity index (χ1v) is 5.70. The van der Waals surface area contributed by atoms with E-state index in [1.807, 2.05) is 0 Å². The first kappa shape index (κ1) is 12.5. The van der Waals surface area contributed by atoms with E-state index in [9.17, 15) is 4.79 Å². The van der Waals surface area contributed by atoms with Crippen LogP contribution in [0, 0.1) is 0 Å². The zero-order valence-corrected chi connectivity index (χ0v) is 9.11. The Balaban J connectivity index is 1.78. The van der Waals surface area contributed by atoms with Crippen molar-refractivity contribution in [2.75, 3.05) is 13.4 Å². The van der Waals surface area contributed by atoms with Crippen molar-refractivity contribution in [1.82, 2.24) is 0 Å². The maximum Gasteiger partial charge on any atom is 0.303 e. The van der Waals surface area contributed by atoms with Crippen LogP contribution in [0.3, 0.4) is 0 Å². The maximum absolute atomic E-state index is 10.2. The normalized spacial score (nSPS) is 20.7. The second-order valence-electron chi connectivity index (χ2n) is 3.98. The lowest BCUT2D eigenvalue weighted by Gasteiger charge is -2.06. The number of carbonyl (C=O) groups is 1. The van der Waals surface area contributed by atoms with E-state index in [1.165, 1.54) is 6.42 Å². The lowest BCUT2D eigenvalue weighted by atomic mass is 10.1. The van der Waals surface area contributed by atoms with Crippen LogP contribution in [-0.2, 0) is 14.3 Å². The molecule has 1 fully saturated rings. The summed E-state index contributed by atoms with van der Waals surface area (Å²) in [5.41, 5.74) is 0. The third-order valence-electron chi connectivity index (χ3n) is 2.61. The minimum Gasteiger partial charge on any atom is -0.481 e. The molecule has 1 saturated heterocycles. The summed E-state index contributed by atoms with van der Waals surface area (Å²) in [7, 11) is 0. The summed E-state index contributed by atoms with van der Waals surface area (Å²) in [5.74, 6) is -0.688. The van der Waals surface area contributed by atoms with Gasteiger partial charge in [0.05, 0.1) is 12.7 Å². The van der Waals surface area contributed by atoms with Crippen molar-refractivity contribution in [3.63, 3.8) is 0 Å². The standard InChI is InChI=1S/C11H20O4/c12-11(13)7-5-3-1-2-4-6-10-8-14-9-15-10/h10H,1-9H2,(H,12,13). The molecule has 0 spiro atoms. The summed E-state index contributed by atoms with van der Waals surface area (Å²) >= 11 is 0. The molecule has 88 valence electrons. The molecular weight excluding hydrogens is 196 g/mol. The van der Waals surface area contributed by atoms with E-state index >= 15 is 0 Å². The number of carboxylic acids is 1. The third kappa shape index (κ3) is 6.47. The van der Waals surface area contributed by atoms with E-state index in [4.69, 9.17) is 14.6 Å². The molecule has 0 bridgehead atoms. The Morgan fingerprint density at radius 2 is 1.93 bits per heavy atom. The molecule has 4 nitrogen and oxygen atoms in total. The van der Waals surface area contributed by atoms with Crippen LogP contribution in [0.25, 0.3) is 0 Å². The van der Waals surface area contributed by atoms with Crippen LogP contribution in [0.4, 0.5) is 0 Å². The fraction of sp³-hybridized carbons (Fsp3) is 0.909. The minimum absolute atomic E-state index is 0.295. The van der Waals surface area contributed by atoms with Gasteiger partial charge in [0, 0.05) is 6.42 Å². The van der Waals surface area contributed by atoms with Gasteiger partial charge in [-0.25, -0.2) is 0 Å². The summed E-state index contributed by atoms with van der Waals surface area (Å²) in [6.07, 6.45) is 6.94. The number of aliphatic carboxylic acids is 1. The van der Waals surface area contributed by atoms with Crippen LogP contribution in [0.15, 0.2) is 0 Å². The van der Waals surface area contributed by atoms with Crippen LogP contribution >= 0.6 is 0 Å². The molecule has 4 heteroatoms. The molecule has 0 aromatic carbocycles. The average Bonchev–Trinajstić information content (AvgIpc) is 2.68. The predicted octanol–water partition coefficient (Wildman–Crippen LogP) is 2.17. The highest BCUT2D eigenvalue weighted by Crippen LogP contribution is 2.13. The number of hydrogen-bond acceptors (Lipinski definition) is 3. The van der Waals surface area contributed by atoms with E-state index < -0.39 is 5.97 Å². The Morgan fingerprint density at radius 1 is 1.20 bits per heavy atom. The minimum atomic E-state index is -0.688. The van der Waals surface area contributed by atoms with Crippen LogP contribution < -0.4 is 0 Å². The Morgan fingerprint density at radius 3 is 2.60 bits per heavy atom. The van der Waals surface area contributed by atoms with E-state index in [0.717, 1.165) is 38.7 Å². The lowest BCUT2D eigenvalue weighted by Crippen LogP contribution is -2.08. The van der Waals surface area contributed by atoms with Gasteiger partial charge in [-0.15, -0.1) is 0 Å². The number of carboxylic acid groups (broad SMARTS) is 1. The van der Waals surface area contributed by atoms with Gasteiger partial charge < -0.3 is 14.6 Å². The third-order valence-corrected chi connectivity index (χ3v) is 2.61. The summed E-state index contributed by atoms with van der Waals surface area (Å²) in [6.45, 7) is 1.18. The molecule has 0 saturated carbocycles. The van der Waals surface area contributed by atoms with Crippen LogP contribution in [-0.4, -0.2) is 30.6 Å². The molecule has 1 unspecified atom stereocenters. The van der Waals surface area contributed by atoms with Crippen molar-refractivity contribution in [2.45, 2.75) is 51.0 Å². The maximum atomic E-state index is 10.2. The largest absolute Gasteiger partial charge is 0.481 e. The quantitative estimate of drug-likeness (QED) is 0.632. The molecule has 1 N–H and O–H groups in total. The van der Waals surface area contributed by atoms with Crippen molar-refractivity contribution in [1.29, 1.82) is 0 Å². The molecule has 1 aliphatic heterocycles. The first-order valence-electron chi connectivity index (χ1n) is 5.70. The Bertz CT molecular complexity index is 175. The monoisotopic (exact) mass is 216 g/mol. The van der Waals surface area contributed by atoms with Gasteiger partial charge in [-0.3, -0.25) is 4.79 Å². The fourth-order valence-electron chi connectivity index (χ4n) is 1.72. The van der Waals surface area contributed by atoms with Gasteiger partial charge in [-0.05, 0) is 12.8 Å². The van der Waals surface area contributed by atoms with Crippen molar-refractivity contribution in [3.8, 4) is 0 Å². The molecule has 1 rings (SSSR count). The molecule has 1 heterocycles. The topological polar surface area (TPSA) is 55.8 Å². The summed E-state index contributed by atoms with van der Waals surface area (Å²) in [4.78, 5) is 10.2. The highest BCUT2D eigenvalue weighted by atomic mass is 16.7. The van der Waals surface area contributed by atoms with Gasteiger partial charge in [0.2, 0.25) is 0 Å². The predicted molar refractivity (Wildman–Crippen MR) is 55.6 cm³/mol. The second-order valence-corrected chi connectivity index (χ2v) is 3.98. The van der Waals surface area contributed by atoms with Crippen molar-refractivity contribution >= 4 is 5.97 Å². The molecule has 0 amide bonds. The van der Waals surface area contributed by atoms with E-state index in [1.54, 1.807) is 0 Å². The molecule has 15 heavy (non-hydrogen) atoms. The first-order chi connectivity index (χ1) is 7.29. The van der Waals surface area contributed by atoms with Crippen molar-refractivity contribution in [2.24, 2.45) is 0 Å². The average molecular weight is 216 g/mol. The van der Waals surface area contributed by atoms with Crippen LogP contribution in [0.1, 0.15) is 44.9 Å². The fourth-order valence-corrected chi connectivity index (χ4v) is 1.72. The zero-order valence-electron chi connectivity index (χ0n) is 9.11. The molecule has 0 aromatic heterocycles. The van der Waals surface area contributed by atoms with E-state index in [2.05, 4.69) is 0 Å². The van der Waals surface area contributed by atoms with Gasteiger partial charge in [-0.2, -0.15) is 0 Å². The Hall–Kier alpha value is -0.610. The van der Waals surface area contributed by atoms with Gasteiger partial charge in [-0.1, -0.05) is 25.7 Å². The van der Waals surface area contributed by atoms with E-state index in [0.29, 0.717) is 19.3 Å². The summed E-state index contributed by atoms with van der Waals surface area (Å²) in [5, 5.41) is 8.43. The highest BCUT2D eigenvalue weighted by molar-refractivity contribution is 5.66. The Labute approximate surface area is 90.6 Å². The van der Waals surface area contributed by atoms with E-state index in [-0.39, 0.29) is 0 Å². The van der Waals surface area contributed by atoms with Crippen LogP contribution in [0.5, 0.6) is 0 Å². The number of ether oxygens (including phenoxy) is 2. The molecular formula is C11H20O4. The van der Waals surface area contributed by atoms with Crippen molar-refractivity contribution < 1.29 is 19.4 Å². The smallest absolute Gasteiger partial charge is 0.303 e.